The van der Waals surface area contributed by atoms with Crippen LogP contribution in [-0.4, -0.2) is 41.3 Å². The van der Waals surface area contributed by atoms with Gasteiger partial charge in [-0.25, -0.2) is 8.42 Å². The summed E-state index contributed by atoms with van der Waals surface area (Å²) in [6, 6.07) is 13.2. The van der Waals surface area contributed by atoms with Crippen LogP contribution in [0.1, 0.15) is 40.7 Å². The second-order valence-corrected chi connectivity index (χ2v) is 10.7. The Kier molecular flexibility index (Phi) is 6.70. The maximum atomic E-state index is 13.1. The zero-order valence-corrected chi connectivity index (χ0v) is 20.3. The molecular weight excluding hydrogens is 522 g/mol. The minimum atomic E-state index is -3.75. The summed E-state index contributed by atoms with van der Waals surface area (Å²) in [5, 5.41) is 19.6. The van der Waals surface area contributed by atoms with Gasteiger partial charge < -0.3 is 5.11 Å². The molecule has 174 valence electrons. The van der Waals surface area contributed by atoms with E-state index in [0.717, 1.165) is 29.9 Å². The minimum Gasteiger partial charge on any atom is -0.507 e. The van der Waals surface area contributed by atoms with Gasteiger partial charge in [0.25, 0.3) is 5.56 Å². The Morgan fingerprint density at radius 3 is 2.50 bits per heavy atom. The number of nitrogens with zero attached hydrogens (tertiary/aromatic N) is 3. The van der Waals surface area contributed by atoms with Crippen LogP contribution in [0, 0.1) is 11.3 Å². The number of nitriles is 1. The van der Waals surface area contributed by atoms with Crippen molar-refractivity contribution in [3.05, 3.63) is 86.2 Å². The number of benzene rings is 2. The van der Waals surface area contributed by atoms with Crippen molar-refractivity contribution >= 4 is 31.7 Å². The van der Waals surface area contributed by atoms with Crippen LogP contribution in [-0.2, 0) is 10.0 Å². The predicted octanol–water partition coefficient (Wildman–Crippen LogP) is 3.58. The number of phenolic OH excluding ortho intramolecular Hbond substituents is 1. The summed E-state index contributed by atoms with van der Waals surface area (Å²) >= 11 is 3.26. The number of phenols is 1. The summed E-state index contributed by atoms with van der Waals surface area (Å²) in [6.45, 7) is 0.871. The molecule has 4 rings (SSSR count). The van der Waals surface area contributed by atoms with E-state index >= 15 is 0 Å². The number of hydrogen-bond donors (Lipinski definition) is 1. The second kappa shape index (κ2) is 9.54. The van der Waals surface area contributed by atoms with Gasteiger partial charge in [-0.1, -0.05) is 28.4 Å². The van der Waals surface area contributed by atoms with Crippen LogP contribution in [0.2, 0.25) is 0 Å². The Balaban J connectivity index is 1.82. The number of ketones is 1. The SMILES string of the molecule is N#Cc1cc(C(=O)c2cc(Br)ccc2O)cn(-c2cccc(S(=O)(=O)N3CCCCC3)c2)c1=O. The monoisotopic (exact) mass is 541 g/mol. The number of rotatable bonds is 5. The first kappa shape index (κ1) is 23.9. The lowest BCUT2D eigenvalue weighted by molar-refractivity contribution is 0.103. The van der Waals surface area contributed by atoms with E-state index in [1.807, 2.05) is 0 Å². The highest BCUT2D eigenvalue weighted by Crippen LogP contribution is 2.26. The van der Waals surface area contributed by atoms with Crippen LogP contribution >= 0.6 is 15.9 Å². The van der Waals surface area contributed by atoms with Crippen LogP contribution < -0.4 is 5.56 Å². The molecule has 8 nitrogen and oxygen atoms in total. The van der Waals surface area contributed by atoms with E-state index in [0.29, 0.717) is 17.6 Å². The summed E-state index contributed by atoms with van der Waals surface area (Å²) in [7, 11) is -3.75. The molecule has 0 amide bonds. The first-order chi connectivity index (χ1) is 16.2. The lowest BCUT2D eigenvalue weighted by Crippen LogP contribution is -2.35. The number of aromatic hydroxyl groups is 1. The fraction of sp³-hybridized carbons (Fsp3) is 0.208. The summed E-state index contributed by atoms with van der Waals surface area (Å²) in [5.74, 6) is -0.847. The van der Waals surface area contributed by atoms with Crippen LogP contribution in [0.3, 0.4) is 0 Å². The Morgan fingerprint density at radius 1 is 1.06 bits per heavy atom. The van der Waals surface area contributed by atoms with Crippen LogP contribution in [0.4, 0.5) is 0 Å². The maximum Gasteiger partial charge on any atom is 0.273 e. The molecule has 2 aromatic carbocycles. The predicted molar refractivity (Wildman–Crippen MR) is 129 cm³/mol. The molecule has 0 aliphatic carbocycles. The number of pyridine rings is 1. The average molecular weight is 542 g/mol. The van der Waals surface area contributed by atoms with Gasteiger partial charge in [0.2, 0.25) is 10.0 Å². The van der Waals surface area contributed by atoms with Gasteiger partial charge in [-0.05, 0) is 55.3 Å². The fourth-order valence-corrected chi connectivity index (χ4v) is 5.79. The van der Waals surface area contributed by atoms with Gasteiger partial charge in [0, 0.05) is 35.0 Å². The van der Waals surface area contributed by atoms with Crippen LogP contribution in [0.5, 0.6) is 5.75 Å². The highest BCUT2D eigenvalue weighted by molar-refractivity contribution is 9.10. The molecule has 0 saturated carbocycles. The highest BCUT2D eigenvalue weighted by Gasteiger charge is 2.26. The zero-order chi connectivity index (χ0) is 24.5. The Hall–Kier alpha value is -3.26. The number of piperidine rings is 1. The molecule has 2 heterocycles. The largest absolute Gasteiger partial charge is 0.507 e. The van der Waals surface area contributed by atoms with Crippen molar-refractivity contribution < 1.29 is 18.3 Å². The lowest BCUT2D eigenvalue weighted by atomic mass is 10.0. The molecule has 34 heavy (non-hydrogen) atoms. The number of halogens is 1. The van der Waals surface area contributed by atoms with E-state index in [2.05, 4.69) is 15.9 Å². The molecule has 0 spiro atoms. The van der Waals surface area contributed by atoms with Gasteiger partial charge in [-0.2, -0.15) is 9.57 Å². The van der Waals surface area contributed by atoms with E-state index in [1.54, 1.807) is 12.1 Å². The number of carbonyl (C=O) groups is 1. The summed E-state index contributed by atoms with van der Waals surface area (Å²) in [5.41, 5.74) is -0.791. The molecule has 1 aliphatic heterocycles. The third kappa shape index (κ3) is 4.55. The maximum absolute atomic E-state index is 13.1. The van der Waals surface area contributed by atoms with Gasteiger partial charge in [-0.15, -0.1) is 0 Å². The molecule has 0 radical (unpaired) electrons. The molecule has 1 N–H and O–H groups in total. The topological polar surface area (TPSA) is 120 Å². The molecule has 1 aromatic heterocycles. The van der Waals surface area contributed by atoms with E-state index in [1.165, 1.54) is 46.9 Å². The summed E-state index contributed by atoms with van der Waals surface area (Å²) in [6.07, 6.45) is 3.80. The van der Waals surface area contributed by atoms with Crippen molar-refractivity contribution in [1.82, 2.24) is 8.87 Å². The molecule has 0 atom stereocenters. The van der Waals surface area contributed by atoms with Gasteiger partial charge in [0.05, 0.1) is 10.5 Å². The van der Waals surface area contributed by atoms with E-state index in [-0.39, 0.29) is 33.0 Å². The normalized spacial score (nSPS) is 14.5. The first-order valence-corrected chi connectivity index (χ1v) is 12.8. The standard InChI is InChI=1S/C24H20BrN3O5S/c25-18-7-8-22(29)21(12-18)23(30)17-11-16(14-26)24(31)28(15-17)19-5-4-6-20(13-19)34(32,33)27-9-2-1-3-10-27/h4-8,11-13,15,29H,1-3,9-10H2. The lowest BCUT2D eigenvalue weighted by Gasteiger charge is -2.26. The number of aromatic nitrogens is 1. The Labute approximate surface area is 204 Å². The molecule has 0 bridgehead atoms. The van der Waals surface area contributed by atoms with E-state index < -0.39 is 21.4 Å². The Morgan fingerprint density at radius 2 is 1.79 bits per heavy atom. The number of carbonyl (C=O) groups excluding carboxylic acids is 1. The molecule has 1 aliphatic rings. The molecule has 10 heteroatoms. The minimum absolute atomic E-state index is 0.00570. The molecular formula is C24H20BrN3O5S. The molecule has 1 fully saturated rings. The molecule has 0 unspecified atom stereocenters. The fourth-order valence-electron chi connectivity index (χ4n) is 3.87. The van der Waals surface area contributed by atoms with Crippen molar-refractivity contribution in [2.24, 2.45) is 0 Å². The van der Waals surface area contributed by atoms with Crippen molar-refractivity contribution in [3.8, 4) is 17.5 Å². The second-order valence-electron chi connectivity index (χ2n) is 7.88. The first-order valence-electron chi connectivity index (χ1n) is 10.5. The van der Waals surface area contributed by atoms with E-state index in [4.69, 9.17) is 0 Å². The highest BCUT2D eigenvalue weighted by atomic mass is 79.9. The van der Waals surface area contributed by atoms with Crippen LogP contribution in [0.15, 0.2) is 68.9 Å². The zero-order valence-electron chi connectivity index (χ0n) is 17.9. The van der Waals surface area contributed by atoms with Crippen molar-refractivity contribution in [3.63, 3.8) is 0 Å². The molecule has 3 aromatic rings. The quantitative estimate of drug-likeness (QED) is 0.492. The third-order valence-electron chi connectivity index (χ3n) is 5.65. The van der Waals surface area contributed by atoms with Gasteiger partial charge in [-0.3, -0.25) is 14.2 Å². The van der Waals surface area contributed by atoms with Crippen LogP contribution in [0.25, 0.3) is 5.69 Å². The van der Waals surface area contributed by atoms with Crippen molar-refractivity contribution in [2.75, 3.05) is 13.1 Å². The summed E-state index contributed by atoms with van der Waals surface area (Å²) in [4.78, 5) is 26.0. The average Bonchev–Trinajstić information content (AvgIpc) is 2.86. The third-order valence-corrected chi connectivity index (χ3v) is 8.04. The van der Waals surface area contributed by atoms with E-state index in [9.17, 15) is 28.4 Å². The van der Waals surface area contributed by atoms with Gasteiger partial charge in [0.15, 0.2) is 5.78 Å². The van der Waals surface area contributed by atoms with Crippen molar-refractivity contribution in [1.29, 1.82) is 5.26 Å². The van der Waals surface area contributed by atoms with Gasteiger partial charge in [0.1, 0.15) is 17.4 Å². The smallest absolute Gasteiger partial charge is 0.273 e. The molecule has 1 saturated heterocycles. The number of hydrogen-bond acceptors (Lipinski definition) is 6. The van der Waals surface area contributed by atoms with Gasteiger partial charge >= 0.3 is 0 Å². The van der Waals surface area contributed by atoms with Crippen molar-refractivity contribution in [2.45, 2.75) is 24.2 Å². The number of sulfonamides is 1. The Bertz CT molecular complexity index is 1490. The summed E-state index contributed by atoms with van der Waals surface area (Å²) < 4.78 is 29.3.